The zero-order valence-electron chi connectivity index (χ0n) is 8.11. The fourth-order valence-electron chi connectivity index (χ4n) is 1.95. The Bertz CT molecular complexity index is 490. The molecule has 0 radical (unpaired) electrons. The molecule has 0 N–H and O–H groups in total. The van der Waals surface area contributed by atoms with Gasteiger partial charge in [-0.3, -0.25) is 0 Å². The highest BCUT2D eigenvalue weighted by molar-refractivity contribution is 9.10. The van der Waals surface area contributed by atoms with E-state index in [0.717, 1.165) is 28.8 Å². The Morgan fingerprint density at radius 1 is 1.33 bits per heavy atom. The molecular formula is C10H10BrN3O. The van der Waals surface area contributed by atoms with Crippen molar-refractivity contribution < 1.29 is 4.52 Å². The van der Waals surface area contributed by atoms with Crippen LogP contribution in [0.4, 0.5) is 5.82 Å². The van der Waals surface area contributed by atoms with Gasteiger partial charge in [-0.2, -0.15) is 0 Å². The van der Waals surface area contributed by atoms with Crippen LogP contribution in [0.15, 0.2) is 21.3 Å². The first-order chi connectivity index (χ1) is 7.34. The van der Waals surface area contributed by atoms with Gasteiger partial charge in [-0.25, -0.2) is 4.98 Å². The highest BCUT2D eigenvalue weighted by Crippen LogP contribution is 2.29. The van der Waals surface area contributed by atoms with Gasteiger partial charge in [0.1, 0.15) is 0 Å². The van der Waals surface area contributed by atoms with E-state index < -0.39 is 0 Å². The molecule has 3 heterocycles. The van der Waals surface area contributed by atoms with Crippen LogP contribution in [0.1, 0.15) is 12.8 Å². The van der Waals surface area contributed by atoms with Crippen LogP contribution < -0.4 is 4.90 Å². The summed E-state index contributed by atoms with van der Waals surface area (Å²) in [6.45, 7) is 2.13. The van der Waals surface area contributed by atoms with Gasteiger partial charge in [0.15, 0.2) is 5.82 Å². The molecule has 0 aromatic carbocycles. The van der Waals surface area contributed by atoms with Gasteiger partial charge in [-0.05, 0) is 34.8 Å². The Balaban J connectivity index is 2.13. The minimum absolute atomic E-state index is 0.611. The van der Waals surface area contributed by atoms with Crippen molar-refractivity contribution in [3.8, 4) is 0 Å². The fraction of sp³-hybridized carbons (Fsp3) is 0.400. The Morgan fingerprint density at radius 3 is 2.93 bits per heavy atom. The van der Waals surface area contributed by atoms with Gasteiger partial charge in [-0.1, -0.05) is 5.16 Å². The third kappa shape index (κ3) is 1.51. The van der Waals surface area contributed by atoms with Crippen LogP contribution in [0.5, 0.6) is 0 Å². The Kier molecular flexibility index (Phi) is 2.12. The molecule has 1 aliphatic rings. The van der Waals surface area contributed by atoms with Gasteiger partial charge < -0.3 is 9.42 Å². The Labute approximate surface area is 95.4 Å². The number of aromatic nitrogens is 2. The zero-order chi connectivity index (χ0) is 10.3. The molecule has 78 valence electrons. The molecule has 0 bridgehead atoms. The molecule has 0 saturated carbocycles. The second kappa shape index (κ2) is 3.48. The lowest BCUT2D eigenvalue weighted by Gasteiger charge is -2.12. The summed E-state index contributed by atoms with van der Waals surface area (Å²) in [5.74, 6) is 0.927. The summed E-state index contributed by atoms with van der Waals surface area (Å²) in [4.78, 5) is 6.42. The van der Waals surface area contributed by atoms with Crippen LogP contribution in [0.25, 0.3) is 11.1 Å². The van der Waals surface area contributed by atoms with Crippen molar-refractivity contribution in [2.45, 2.75) is 12.8 Å². The van der Waals surface area contributed by atoms with Crippen LogP contribution in [0.2, 0.25) is 0 Å². The molecule has 4 nitrogen and oxygen atoms in total. The molecule has 15 heavy (non-hydrogen) atoms. The largest absolute Gasteiger partial charge is 0.353 e. The number of halogens is 1. The second-order valence-corrected chi connectivity index (χ2v) is 4.62. The highest BCUT2D eigenvalue weighted by atomic mass is 79.9. The molecule has 0 aliphatic carbocycles. The van der Waals surface area contributed by atoms with E-state index in [9.17, 15) is 0 Å². The van der Waals surface area contributed by atoms with Crippen molar-refractivity contribution in [1.29, 1.82) is 0 Å². The van der Waals surface area contributed by atoms with Crippen molar-refractivity contribution in [2.75, 3.05) is 18.0 Å². The fourth-order valence-corrected chi connectivity index (χ4v) is 2.28. The molecule has 0 unspecified atom stereocenters. The van der Waals surface area contributed by atoms with Gasteiger partial charge in [0.2, 0.25) is 0 Å². The summed E-state index contributed by atoms with van der Waals surface area (Å²) in [5.41, 5.74) is 0.611. The van der Waals surface area contributed by atoms with Gasteiger partial charge >= 0.3 is 0 Å². The summed E-state index contributed by atoms with van der Waals surface area (Å²) in [5, 5.41) is 5.08. The number of fused-ring (bicyclic) bond motifs is 1. The first-order valence-corrected chi connectivity index (χ1v) is 5.80. The number of anilines is 1. The van der Waals surface area contributed by atoms with E-state index in [0.29, 0.717) is 5.71 Å². The van der Waals surface area contributed by atoms with E-state index >= 15 is 0 Å². The predicted molar refractivity (Wildman–Crippen MR) is 61.0 cm³/mol. The number of nitrogens with zero attached hydrogens (tertiary/aromatic N) is 3. The molecular weight excluding hydrogens is 258 g/mol. The molecule has 2 aromatic heterocycles. The summed E-state index contributed by atoms with van der Waals surface area (Å²) in [6.07, 6.45) is 4.19. The van der Waals surface area contributed by atoms with Crippen molar-refractivity contribution >= 4 is 32.8 Å². The number of pyridine rings is 1. The summed E-state index contributed by atoms with van der Waals surface area (Å²) < 4.78 is 6.15. The van der Waals surface area contributed by atoms with Crippen molar-refractivity contribution in [1.82, 2.24) is 10.1 Å². The second-order valence-electron chi connectivity index (χ2n) is 3.71. The van der Waals surface area contributed by atoms with E-state index in [2.05, 4.69) is 31.0 Å². The lowest BCUT2D eigenvalue weighted by atomic mass is 10.3. The van der Waals surface area contributed by atoms with Gasteiger partial charge in [-0.15, -0.1) is 0 Å². The predicted octanol–water partition coefficient (Wildman–Crippen LogP) is 2.59. The Morgan fingerprint density at radius 2 is 2.13 bits per heavy atom. The van der Waals surface area contributed by atoms with E-state index in [-0.39, 0.29) is 0 Å². The monoisotopic (exact) mass is 267 g/mol. The first-order valence-electron chi connectivity index (χ1n) is 5.00. The molecule has 5 heteroatoms. The molecule has 1 saturated heterocycles. The van der Waals surface area contributed by atoms with E-state index in [1.165, 1.54) is 12.8 Å². The van der Waals surface area contributed by atoms with Crippen LogP contribution in [-0.4, -0.2) is 23.2 Å². The molecule has 0 amide bonds. The molecule has 1 aliphatic heterocycles. The van der Waals surface area contributed by atoms with Crippen molar-refractivity contribution in [2.24, 2.45) is 0 Å². The summed E-state index contributed by atoms with van der Waals surface area (Å²) in [7, 11) is 0. The average molecular weight is 268 g/mol. The number of rotatable bonds is 1. The minimum Gasteiger partial charge on any atom is -0.353 e. The molecule has 0 atom stereocenters. The smallest absolute Gasteiger partial charge is 0.260 e. The van der Waals surface area contributed by atoms with Crippen LogP contribution in [0.3, 0.4) is 0 Å². The summed E-state index contributed by atoms with van der Waals surface area (Å²) >= 11 is 3.41. The average Bonchev–Trinajstić information content (AvgIpc) is 2.83. The third-order valence-corrected chi connectivity index (χ3v) is 3.12. The topological polar surface area (TPSA) is 42.2 Å². The standard InChI is InChI=1S/C10H10BrN3O/c11-7-5-8-9(14-3-1-2-4-14)13-15-10(8)12-6-7/h5-6H,1-4H2. The molecule has 1 fully saturated rings. The minimum atomic E-state index is 0.611. The van der Waals surface area contributed by atoms with Crippen molar-refractivity contribution in [3.05, 3.63) is 16.7 Å². The maximum absolute atomic E-state index is 5.19. The normalized spacial score (nSPS) is 16.5. The van der Waals surface area contributed by atoms with Crippen LogP contribution in [0, 0.1) is 0 Å². The van der Waals surface area contributed by atoms with E-state index in [1.54, 1.807) is 6.20 Å². The Hall–Kier alpha value is -1.10. The SMILES string of the molecule is Brc1cnc2onc(N3CCCC3)c2c1. The van der Waals surface area contributed by atoms with Crippen LogP contribution in [-0.2, 0) is 0 Å². The maximum atomic E-state index is 5.19. The molecule has 2 aromatic rings. The highest BCUT2D eigenvalue weighted by Gasteiger charge is 2.19. The molecule has 0 spiro atoms. The van der Waals surface area contributed by atoms with Gasteiger partial charge in [0, 0.05) is 23.8 Å². The molecule has 3 rings (SSSR count). The van der Waals surface area contributed by atoms with Gasteiger partial charge in [0.25, 0.3) is 5.71 Å². The van der Waals surface area contributed by atoms with Crippen molar-refractivity contribution in [3.63, 3.8) is 0 Å². The van der Waals surface area contributed by atoms with Crippen LogP contribution >= 0.6 is 15.9 Å². The van der Waals surface area contributed by atoms with E-state index in [1.807, 2.05) is 6.07 Å². The number of hydrogen-bond donors (Lipinski definition) is 0. The zero-order valence-corrected chi connectivity index (χ0v) is 9.70. The number of hydrogen-bond acceptors (Lipinski definition) is 4. The van der Waals surface area contributed by atoms with E-state index in [4.69, 9.17) is 4.52 Å². The lowest BCUT2D eigenvalue weighted by molar-refractivity contribution is 0.448. The summed E-state index contributed by atoms with van der Waals surface area (Å²) in [6, 6.07) is 2.01. The maximum Gasteiger partial charge on any atom is 0.260 e. The third-order valence-electron chi connectivity index (χ3n) is 2.68. The van der Waals surface area contributed by atoms with Gasteiger partial charge in [0.05, 0.1) is 5.39 Å². The lowest BCUT2D eigenvalue weighted by Crippen LogP contribution is -2.17. The first kappa shape index (κ1) is 9.15. The quantitative estimate of drug-likeness (QED) is 0.797.